The molecular weight excluding hydrogens is 241 g/mol. The van der Waals surface area contributed by atoms with Crippen LogP contribution < -0.4 is 5.48 Å². The van der Waals surface area contributed by atoms with Crippen LogP contribution in [-0.4, -0.2) is 10.3 Å². The van der Waals surface area contributed by atoms with Crippen LogP contribution in [0.1, 0.15) is 5.56 Å². The Balaban J connectivity index is 3.32. The number of anilines is 1. The fraction of sp³-hybridized carbons (Fsp3) is 0. The second-order valence-electron chi connectivity index (χ2n) is 2.25. The van der Waals surface area contributed by atoms with Crippen molar-refractivity contribution in [1.82, 2.24) is 0 Å². The van der Waals surface area contributed by atoms with Gasteiger partial charge in [0.25, 0.3) is 0 Å². The van der Waals surface area contributed by atoms with Crippen molar-refractivity contribution in [3.8, 4) is 0 Å². The van der Waals surface area contributed by atoms with Gasteiger partial charge in [0.05, 0.1) is 16.4 Å². The van der Waals surface area contributed by atoms with E-state index < -0.39 is 5.82 Å². The Labute approximate surface area is 82.6 Å². The number of rotatable bonds is 2. The summed E-state index contributed by atoms with van der Waals surface area (Å²) in [5, 5.41) is 17.2. The Morgan fingerprint density at radius 1 is 1.46 bits per heavy atom. The van der Waals surface area contributed by atoms with E-state index in [2.05, 4.69) is 15.9 Å². The number of aliphatic hydroxyl groups excluding tert-OH is 1. The first-order chi connectivity index (χ1) is 6.20. The van der Waals surface area contributed by atoms with Crippen LogP contribution in [0.4, 0.5) is 10.1 Å². The first kappa shape index (κ1) is 10.0. The molecule has 1 rings (SSSR count). The molecule has 3 nitrogen and oxygen atoms in total. The lowest BCUT2D eigenvalue weighted by atomic mass is 10.2. The van der Waals surface area contributed by atoms with Gasteiger partial charge in [0.15, 0.2) is 0 Å². The molecule has 0 radical (unpaired) electrons. The third kappa shape index (κ3) is 1.99. The SMILES string of the molecule is O/C=C\c1c(NO)ccc(F)c1Br. The molecule has 70 valence electrons. The van der Waals surface area contributed by atoms with Crippen molar-refractivity contribution in [2.75, 3.05) is 5.48 Å². The van der Waals surface area contributed by atoms with E-state index in [-0.39, 0.29) is 4.47 Å². The maximum atomic E-state index is 12.9. The van der Waals surface area contributed by atoms with E-state index in [1.54, 1.807) is 0 Å². The molecule has 0 aromatic heterocycles. The monoisotopic (exact) mass is 247 g/mol. The molecule has 0 spiro atoms. The molecule has 0 atom stereocenters. The molecule has 1 aromatic rings. The standard InChI is InChI=1S/C8H7BrFNO2/c9-8-5(3-4-12)7(11-13)2-1-6(8)10/h1-4,11-13H/b4-3-. The van der Waals surface area contributed by atoms with Crippen LogP contribution in [0.25, 0.3) is 6.08 Å². The van der Waals surface area contributed by atoms with Crippen LogP contribution in [0.2, 0.25) is 0 Å². The summed E-state index contributed by atoms with van der Waals surface area (Å²) < 4.78 is 13.1. The van der Waals surface area contributed by atoms with Crippen molar-refractivity contribution >= 4 is 27.7 Å². The topological polar surface area (TPSA) is 52.5 Å². The lowest BCUT2D eigenvalue weighted by Gasteiger charge is -2.06. The number of nitrogens with one attached hydrogen (secondary N) is 1. The van der Waals surface area contributed by atoms with Crippen molar-refractivity contribution in [2.45, 2.75) is 0 Å². The van der Waals surface area contributed by atoms with Crippen LogP contribution >= 0.6 is 15.9 Å². The fourth-order valence-corrected chi connectivity index (χ4v) is 1.38. The Hall–Kier alpha value is -1.07. The van der Waals surface area contributed by atoms with E-state index in [4.69, 9.17) is 10.3 Å². The first-order valence-electron chi connectivity index (χ1n) is 3.39. The Bertz CT molecular complexity index is 341. The predicted octanol–water partition coefficient (Wildman–Crippen LogP) is 2.92. The second-order valence-corrected chi connectivity index (χ2v) is 3.04. The Kier molecular flexibility index (Phi) is 3.27. The average molecular weight is 248 g/mol. The zero-order valence-electron chi connectivity index (χ0n) is 6.46. The molecule has 0 saturated carbocycles. The third-order valence-electron chi connectivity index (χ3n) is 1.49. The Morgan fingerprint density at radius 2 is 2.15 bits per heavy atom. The van der Waals surface area contributed by atoms with Gasteiger partial charge in [-0.2, -0.15) is 0 Å². The molecule has 13 heavy (non-hydrogen) atoms. The highest BCUT2D eigenvalue weighted by Crippen LogP contribution is 2.28. The number of halogens is 2. The molecule has 0 aliphatic heterocycles. The molecule has 0 aliphatic rings. The fourth-order valence-electron chi connectivity index (χ4n) is 0.901. The van der Waals surface area contributed by atoms with Gasteiger partial charge in [-0.05, 0) is 34.1 Å². The van der Waals surface area contributed by atoms with Gasteiger partial charge in [0.1, 0.15) is 5.82 Å². The molecular formula is C8H7BrFNO2. The third-order valence-corrected chi connectivity index (χ3v) is 2.30. The van der Waals surface area contributed by atoms with Crippen molar-refractivity contribution in [3.05, 3.63) is 34.2 Å². The van der Waals surface area contributed by atoms with Crippen LogP contribution in [-0.2, 0) is 0 Å². The van der Waals surface area contributed by atoms with Gasteiger partial charge < -0.3 is 5.11 Å². The highest BCUT2D eigenvalue weighted by Gasteiger charge is 2.08. The highest BCUT2D eigenvalue weighted by atomic mass is 79.9. The smallest absolute Gasteiger partial charge is 0.138 e. The van der Waals surface area contributed by atoms with Crippen molar-refractivity contribution in [1.29, 1.82) is 0 Å². The first-order valence-corrected chi connectivity index (χ1v) is 4.19. The number of hydrogen-bond acceptors (Lipinski definition) is 3. The molecule has 5 heteroatoms. The molecule has 0 bridgehead atoms. The number of hydrogen-bond donors (Lipinski definition) is 3. The lowest BCUT2D eigenvalue weighted by molar-refractivity contribution is 0.388. The van der Waals surface area contributed by atoms with Gasteiger partial charge in [-0.1, -0.05) is 0 Å². The molecule has 0 aliphatic carbocycles. The van der Waals surface area contributed by atoms with E-state index in [1.807, 2.05) is 5.48 Å². The van der Waals surface area contributed by atoms with Crippen molar-refractivity contribution < 1.29 is 14.7 Å². The van der Waals surface area contributed by atoms with E-state index in [0.29, 0.717) is 11.3 Å². The molecule has 0 fully saturated rings. The molecule has 1 aromatic carbocycles. The molecule has 0 heterocycles. The number of benzene rings is 1. The van der Waals surface area contributed by atoms with E-state index in [9.17, 15) is 4.39 Å². The van der Waals surface area contributed by atoms with Crippen molar-refractivity contribution in [3.63, 3.8) is 0 Å². The summed E-state index contributed by atoms with van der Waals surface area (Å²) in [6.45, 7) is 0. The summed E-state index contributed by atoms with van der Waals surface area (Å²) in [5.41, 5.74) is 2.53. The van der Waals surface area contributed by atoms with E-state index in [0.717, 1.165) is 6.26 Å². The summed E-state index contributed by atoms with van der Waals surface area (Å²) in [7, 11) is 0. The predicted molar refractivity (Wildman–Crippen MR) is 51.2 cm³/mol. The minimum atomic E-state index is -0.466. The van der Waals surface area contributed by atoms with Gasteiger partial charge in [-0.15, -0.1) is 0 Å². The lowest BCUT2D eigenvalue weighted by Crippen LogP contribution is -1.94. The summed E-state index contributed by atoms with van der Waals surface area (Å²) in [6, 6.07) is 2.55. The van der Waals surface area contributed by atoms with Gasteiger partial charge in [0, 0.05) is 5.56 Å². The van der Waals surface area contributed by atoms with Gasteiger partial charge in [-0.3, -0.25) is 10.7 Å². The number of aliphatic hydroxyl groups is 1. The quantitative estimate of drug-likeness (QED) is 0.557. The summed E-state index contributed by atoms with van der Waals surface area (Å²) >= 11 is 2.98. The molecule has 3 N–H and O–H groups in total. The summed E-state index contributed by atoms with van der Waals surface area (Å²) in [4.78, 5) is 0. The van der Waals surface area contributed by atoms with Crippen LogP contribution in [0, 0.1) is 5.82 Å². The minimum Gasteiger partial charge on any atom is -0.516 e. The average Bonchev–Trinajstić information content (AvgIpc) is 2.14. The molecule has 0 unspecified atom stereocenters. The van der Waals surface area contributed by atoms with Gasteiger partial charge in [0.2, 0.25) is 0 Å². The van der Waals surface area contributed by atoms with Gasteiger partial charge >= 0.3 is 0 Å². The maximum Gasteiger partial charge on any atom is 0.138 e. The van der Waals surface area contributed by atoms with Crippen LogP contribution in [0.5, 0.6) is 0 Å². The zero-order valence-corrected chi connectivity index (χ0v) is 8.05. The van der Waals surface area contributed by atoms with E-state index in [1.165, 1.54) is 18.2 Å². The second kappa shape index (κ2) is 4.25. The zero-order chi connectivity index (χ0) is 9.84. The Morgan fingerprint density at radius 3 is 2.69 bits per heavy atom. The van der Waals surface area contributed by atoms with Crippen LogP contribution in [0.3, 0.4) is 0 Å². The highest BCUT2D eigenvalue weighted by molar-refractivity contribution is 9.10. The maximum absolute atomic E-state index is 12.9. The largest absolute Gasteiger partial charge is 0.516 e. The van der Waals surface area contributed by atoms with Crippen LogP contribution in [0.15, 0.2) is 22.9 Å². The van der Waals surface area contributed by atoms with E-state index >= 15 is 0 Å². The normalized spacial score (nSPS) is 10.7. The van der Waals surface area contributed by atoms with Crippen molar-refractivity contribution in [2.24, 2.45) is 0 Å². The minimum absolute atomic E-state index is 0.178. The van der Waals surface area contributed by atoms with Gasteiger partial charge in [-0.25, -0.2) is 4.39 Å². The molecule has 0 saturated heterocycles. The molecule has 0 amide bonds. The summed E-state index contributed by atoms with van der Waals surface area (Å²) in [6.07, 6.45) is 2.02. The summed E-state index contributed by atoms with van der Waals surface area (Å²) in [5.74, 6) is -0.466.